The Hall–Kier alpha value is -3.14. The molecule has 0 radical (unpaired) electrons. The highest BCUT2D eigenvalue weighted by molar-refractivity contribution is 5.92. The molecular formula is C21H34N6O4. The first kappa shape index (κ1) is 25.9. The summed E-state index contributed by atoms with van der Waals surface area (Å²) in [4.78, 5) is 40.9. The summed E-state index contributed by atoms with van der Waals surface area (Å²) in [6.45, 7) is 4.02. The molecule has 31 heavy (non-hydrogen) atoms. The van der Waals surface area contributed by atoms with Gasteiger partial charge in [-0.05, 0) is 24.3 Å². The Kier molecular flexibility index (Phi) is 11.0. The second-order valence-corrected chi connectivity index (χ2v) is 7.51. The maximum absolute atomic E-state index is 12.9. The zero-order valence-electron chi connectivity index (χ0n) is 18.1. The van der Waals surface area contributed by atoms with Crippen LogP contribution in [0.5, 0.6) is 0 Å². The lowest BCUT2D eigenvalue weighted by molar-refractivity contribution is -0.142. The van der Waals surface area contributed by atoms with Crippen LogP contribution in [-0.2, 0) is 20.8 Å². The van der Waals surface area contributed by atoms with E-state index in [2.05, 4.69) is 15.6 Å². The van der Waals surface area contributed by atoms with E-state index in [0.717, 1.165) is 5.56 Å². The van der Waals surface area contributed by atoms with Gasteiger partial charge in [0, 0.05) is 13.0 Å². The van der Waals surface area contributed by atoms with E-state index in [1.807, 2.05) is 44.2 Å². The number of hydrogen-bond donors (Lipinski definition) is 6. The molecule has 0 aromatic heterocycles. The minimum absolute atomic E-state index is 0.0669. The zero-order valence-corrected chi connectivity index (χ0v) is 18.1. The number of nitrogens with two attached hydrogens (primary N) is 3. The number of guanidine groups is 1. The minimum atomic E-state index is -1.18. The van der Waals surface area contributed by atoms with Crippen LogP contribution in [0.2, 0.25) is 0 Å². The number of nitrogens with one attached hydrogen (secondary N) is 2. The van der Waals surface area contributed by atoms with E-state index in [4.69, 9.17) is 17.2 Å². The van der Waals surface area contributed by atoms with Gasteiger partial charge in [0.2, 0.25) is 11.8 Å². The molecule has 0 heterocycles. The Morgan fingerprint density at radius 3 is 2.23 bits per heavy atom. The van der Waals surface area contributed by atoms with Crippen molar-refractivity contribution in [2.45, 2.75) is 57.7 Å². The van der Waals surface area contributed by atoms with E-state index in [-0.39, 0.29) is 31.3 Å². The van der Waals surface area contributed by atoms with Crippen LogP contribution < -0.4 is 27.8 Å². The molecule has 2 amide bonds. The van der Waals surface area contributed by atoms with E-state index in [1.165, 1.54) is 0 Å². The summed E-state index contributed by atoms with van der Waals surface area (Å²) in [5.74, 6) is -2.38. The maximum Gasteiger partial charge on any atom is 0.326 e. The Balaban J connectivity index is 2.90. The van der Waals surface area contributed by atoms with Gasteiger partial charge >= 0.3 is 5.97 Å². The number of benzene rings is 1. The van der Waals surface area contributed by atoms with Crippen LogP contribution in [0.25, 0.3) is 0 Å². The van der Waals surface area contributed by atoms with E-state index in [1.54, 1.807) is 0 Å². The summed E-state index contributed by atoms with van der Waals surface area (Å²) in [5.41, 5.74) is 17.3. The molecule has 10 nitrogen and oxygen atoms in total. The van der Waals surface area contributed by atoms with Crippen molar-refractivity contribution in [3.63, 3.8) is 0 Å². The summed E-state index contributed by atoms with van der Waals surface area (Å²) >= 11 is 0. The van der Waals surface area contributed by atoms with Crippen molar-refractivity contribution < 1.29 is 19.5 Å². The van der Waals surface area contributed by atoms with Crippen LogP contribution in [0, 0.1) is 5.92 Å². The van der Waals surface area contributed by atoms with E-state index in [9.17, 15) is 19.5 Å². The predicted octanol–water partition coefficient (Wildman–Crippen LogP) is -0.290. The second-order valence-electron chi connectivity index (χ2n) is 7.51. The van der Waals surface area contributed by atoms with Crippen LogP contribution in [0.15, 0.2) is 35.3 Å². The third kappa shape index (κ3) is 9.47. The molecule has 0 aliphatic heterocycles. The molecule has 1 aromatic carbocycles. The van der Waals surface area contributed by atoms with Gasteiger partial charge in [0.05, 0.1) is 6.04 Å². The van der Waals surface area contributed by atoms with Crippen LogP contribution in [-0.4, -0.2) is 53.5 Å². The fraction of sp³-hybridized carbons (Fsp3) is 0.524. The van der Waals surface area contributed by atoms with E-state index < -0.39 is 35.9 Å². The first-order valence-electron chi connectivity index (χ1n) is 10.3. The quantitative estimate of drug-likeness (QED) is 0.140. The third-order valence-corrected chi connectivity index (χ3v) is 5.04. The summed E-state index contributed by atoms with van der Waals surface area (Å²) < 4.78 is 0. The predicted molar refractivity (Wildman–Crippen MR) is 119 cm³/mol. The Morgan fingerprint density at radius 1 is 1.06 bits per heavy atom. The van der Waals surface area contributed by atoms with Crippen molar-refractivity contribution in [2.24, 2.45) is 28.1 Å². The lowest BCUT2D eigenvalue weighted by atomic mass is 9.98. The maximum atomic E-state index is 12.9. The van der Waals surface area contributed by atoms with Crippen LogP contribution in [0.3, 0.4) is 0 Å². The number of hydrogen-bond acceptors (Lipinski definition) is 5. The van der Waals surface area contributed by atoms with Gasteiger partial charge in [0.25, 0.3) is 0 Å². The number of rotatable bonds is 13. The number of carbonyl (C=O) groups is 3. The molecule has 0 fully saturated rings. The molecule has 10 heteroatoms. The number of nitrogens with zero attached hydrogens (tertiary/aromatic N) is 1. The topological polar surface area (TPSA) is 186 Å². The van der Waals surface area contributed by atoms with Gasteiger partial charge in [-0.25, -0.2) is 4.79 Å². The molecule has 1 aromatic rings. The van der Waals surface area contributed by atoms with E-state index >= 15 is 0 Å². The summed E-state index contributed by atoms with van der Waals surface area (Å²) in [6, 6.07) is 6.25. The Morgan fingerprint density at radius 2 is 1.68 bits per heavy atom. The van der Waals surface area contributed by atoms with E-state index in [0.29, 0.717) is 12.8 Å². The number of amides is 2. The van der Waals surface area contributed by atoms with Gasteiger partial charge < -0.3 is 32.9 Å². The molecule has 0 aliphatic carbocycles. The molecule has 9 N–H and O–H groups in total. The third-order valence-electron chi connectivity index (χ3n) is 5.04. The number of aliphatic imine (C=N–C) groups is 1. The fourth-order valence-electron chi connectivity index (χ4n) is 2.87. The largest absolute Gasteiger partial charge is 0.480 e. The number of carboxylic acids is 1. The molecule has 1 rings (SSSR count). The van der Waals surface area contributed by atoms with Gasteiger partial charge in [-0.15, -0.1) is 0 Å². The first-order valence-corrected chi connectivity index (χ1v) is 10.3. The average Bonchev–Trinajstić information content (AvgIpc) is 2.74. The van der Waals surface area contributed by atoms with Gasteiger partial charge in [0.15, 0.2) is 5.96 Å². The second kappa shape index (κ2) is 13.2. The van der Waals surface area contributed by atoms with Gasteiger partial charge in [-0.1, -0.05) is 50.6 Å². The molecule has 4 unspecified atom stereocenters. The molecular weight excluding hydrogens is 400 g/mol. The van der Waals surface area contributed by atoms with Crippen molar-refractivity contribution in [2.75, 3.05) is 6.54 Å². The molecule has 4 atom stereocenters. The summed E-state index contributed by atoms with van der Waals surface area (Å²) in [7, 11) is 0. The summed E-state index contributed by atoms with van der Waals surface area (Å²) in [5, 5.41) is 14.7. The molecule has 0 saturated carbocycles. The van der Waals surface area contributed by atoms with Crippen molar-refractivity contribution in [3.05, 3.63) is 35.9 Å². The van der Waals surface area contributed by atoms with Crippen molar-refractivity contribution in [3.8, 4) is 0 Å². The lowest BCUT2D eigenvalue weighted by Gasteiger charge is -2.24. The van der Waals surface area contributed by atoms with Crippen molar-refractivity contribution in [1.82, 2.24) is 10.6 Å². The highest BCUT2D eigenvalue weighted by atomic mass is 16.4. The SMILES string of the molecule is CCC(C)C(N)C(=O)NC(Cc1ccccc1)C(=O)NC(CCCN=C(N)N)C(=O)O. The molecule has 0 bridgehead atoms. The number of carboxylic acid groups (broad SMARTS) is 1. The highest BCUT2D eigenvalue weighted by Crippen LogP contribution is 2.09. The molecule has 0 saturated heterocycles. The smallest absolute Gasteiger partial charge is 0.326 e. The Bertz CT molecular complexity index is 751. The van der Waals surface area contributed by atoms with Crippen molar-refractivity contribution >= 4 is 23.7 Å². The molecule has 0 spiro atoms. The van der Waals surface area contributed by atoms with Crippen LogP contribution in [0.4, 0.5) is 0 Å². The zero-order chi connectivity index (χ0) is 23.4. The normalized spacial score (nSPS) is 14.5. The first-order chi connectivity index (χ1) is 14.6. The number of aliphatic carboxylic acids is 1. The number of carbonyl (C=O) groups excluding carboxylic acids is 2. The van der Waals surface area contributed by atoms with Crippen LogP contribution >= 0.6 is 0 Å². The highest BCUT2D eigenvalue weighted by Gasteiger charge is 2.29. The van der Waals surface area contributed by atoms with Gasteiger partial charge in [-0.2, -0.15) is 0 Å². The lowest BCUT2D eigenvalue weighted by Crippen LogP contribution is -2.56. The van der Waals surface area contributed by atoms with Crippen molar-refractivity contribution in [1.29, 1.82) is 0 Å². The average molecular weight is 435 g/mol. The van der Waals surface area contributed by atoms with Gasteiger partial charge in [0.1, 0.15) is 12.1 Å². The fourth-order valence-corrected chi connectivity index (χ4v) is 2.87. The Labute approximate surface area is 182 Å². The monoisotopic (exact) mass is 434 g/mol. The standard InChI is InChI=1S/C21H34N6O4/c1-3-13(2)17(22)19(29)27-16(12-14-8-5-4-6-9-14)18(28)26-15(20(30)31)10-7-11-25-21(23)24/h4-6,8-9,13,15-17H,3,7,10-12,22H2,1-2H3,(H,26,28)(H,27,29)(H,30,31)(H4,23,24,25). The van der Waals surface area contributed by atoms with Gasteiger partial charge in [-0.3, -0.25) is 14.6 Å². The molecule has 0 aliphatic rings. The molecule has 172 valence electrons. The summed E-state index contributed by atoms with van der Waals surface area (Å²) in [6.07, 6.45) is 1.41. The minimum Gasteiger partial charge on any atom is -0.480 e. The van der Waals surface area contributed by atoms with Crippen LogP contribution in [0.1, 0.15) is 38.7 Å².